The Bertz CT molecular complexity index is 1380. The van der Waals surface area contributed by atoms with Crippen LogP contribution in [-0.2, 0) is 4.79 Å². The van der Waals surface area contributed by atoms with E-state index in [9.17, 15) is 14.4 Å². The minimum Gasteiger partial charge on any atom is -0.436 e. The molecule has 7 nitrogen and oxygen atoms in total. The summed E-state index contributed by atoms with van der Waals surface area (Å²) >= 11 is 6.04. The maximum absolute atomic E-state index is 12.4. The molecule has 164 valence electrons. The molecule has 0 saturated carbocycles. The lowest BCUT2D eigenvalue weighted by molar-refractivity contribution is -0.116. The number of oxazole rings is 1. The Morgan fingerprint density at radius 1 is 0.970 bits per heavy atom. The van der Waals surface area contributed by atoms with Gasteiger partial charge in [-0.05, 0) is 55.0 Å². The Morgan fingerprint density at radius 2 is 1.73 bits per heavy atom. The molecule has 1 aliphatic rings. The first-order valence-electron chi connectivity index (χ1n) is 10.4. The van der Waals surface area contributed by atoms with Crippen LogP contribution in [0.3, 0.4) is 0 Å². The average molecular weight is 460 g/mol. The van der Waals surface area contributed by atoms with Gasteiger partial charge >= 0.3 is 0 Å². The zero-order valence-corrected chi connectivity index (χ0v) is 18.1. The van der Waals surface area contributed by atoms with Gasteiger partial charge in [-0.1, -0.05) is 29.8 Å². The minimum atomic E-state index is -0.317. The summed E-state index contributed by atoms with van der Waals surface area (Å²) in [6.45, 7) is 0.186. The first-order chi connectivity index (χ1) is 16.0. The quantitative estimate of drug-likeness (QED) is 0.402. The number of halogens is 1. The smallest absolute Gasteiger partial charge is 0.261 e. The zero-order chi connectivity index (χ0) is 22.9. The highest BCUT2D eigenvalue weighted by atomic mass is 35.5. The van der Waals surface area contributed by atoms with Crippen LogP contribution in [0, 0.1) is 0 Å². The van der Waals surface area contributed by atoms with E-state index in [1.165, 1.54) is 4.90 Å². The van der Waals surface area contributed by atoms with Gasteiger partial charge in [0.15, 0.2) is 5.58 Å². The predicted molar refractivity (Wildman–Crippen MR) is 124 cm³/mol. The van der Waals surface area contributed by atoms with Crippen LogP contribution < -0.4 is 5.32 Å². The van der Waals surface area contributed by atoms with Crippen LogP contribution in [0.2, 0.25) is 5.02 Å². The van der Waals surface area contributed by atoms with E-state index in [-0.39, 0.29) is 30.7 Å². The van der Waals surface area contributed by atoms with Crippen LogP contribution >= 0.6 is 11.6 Å². The number of benzene rings is 3. The summed E-state index contributed by atoms with van der Waals surface area (Å²) in [6, 6.07) is 19.2. The number of fused-ring (bicyclic) bond motifs is 2. The minimum absolute atomic E-state index is 0.165. The Hall–Kier alpha value is -3.97. The van der Waals surface area contributed by atoms with Gasteiger partial charge in [0.25, 0.3) is 11.8 Å². The third-order valence-corrected chi connectivity index (χ3v) is 5.64. The van der Waals surface area contributed by atoms with E-state index in [2.05, 4.69) is 10.3 Å². The van der Waals surface area contributed by atoms with E-state index in [0.717, 1.165) is 5.56 Å². The van der Waals surface area contributed by atoms with Gasteiger partial charge in [0.05, 0.1) is 11.1 Å². The van der Waals surface area contributed by atoms with Gasteiger partial charge < -0.3 is 9.73 Å². The highest BCUT2D eigenvalue weighted by Gasteiger charge is 2.34. The van der Waals surface area contributed by atoms with Crippen LogP contribution in [0.15, 0.2) is 71.1 Å². The highest BCUT2D eigenvalue weighted by Crippen LogP contribution is 2.28. The molecule has 1 N–H and O–H groups in total. The largest absolute Gasteiger partial charge is 0.436 e. The lowest BCUT2D eigenvalue weighted by atomic mass is 10.1. The summed E-state index contributed by atoms with van der Waals surface area (Å²) in [5.74, 6) is -0.410. The molecule has 0 bridgehead atoms. The van der Waals surface area contributed by atoms with Crippen molar-refractivity contribution in [3.63, 3.8) is 0 Å². The van der Waals surface area contributed by atoms with Crippen molar-refractivity contribution in [3.8, 4) is 11.5 Å². The average Bonchev–Trinajstić information content (AvgIpc) is 3.34. The fraction of sp³-hybridized carbons (Fsp3) is 0.120. The van der Waals surface area contributed by atoms with Crippen molar-refractivity contribution < 1.29 is 18.8 Å². The third-order valence-electron chi connectivity index (χ3n) is 5.41. The van der Waals surface area contributed by atoms with Crippen molar-refractivity contribution in [2.24, 2.45) is 0 Å². The number of anilines is 1. The lowest BCUT2D eigenvalue weighted by Crippen LogP contribution is -2.31. The topological polar surface area (TPSA) is 92.5 Å². The number of rotatable bonds is 6. The first kappa shape index (κ1) is 20.9. The van der Waals surface area contributed by atoms with Crippen LogP contribution in [0.4, 0.5) is 5.69 Å². The second-order valence-electron chi connectivity index (χ2n) is 7.67. The monoisotopic (exact) mass is 459 g/mol. The molecule has 0 fully saturated rings. The van der Waals surface area contributed by atoms with E-state index in [1.54, 1.807) is 54.6 Å². The fourth-order valence-electron chi connectivity index (χ4n) is 3.81. The number of aromatic nitrogens is 1. The molecule has 0 saturated heterocycles. The molecule has 33 heavy (non-hydrogen) atoms. The van der Waals surface area contributed by atoms with Crippen molar-refractivity contribution in [2.75, 3.05) is 11.9 Å². The van der Waals surface area contributed by atoms with Gasteiger partial charge in [-0.3, -0.25) is 19.3 Å². The molecule has 3 aromatic carbocycles. The maximum atomic E-state index is 12.4. The second kappa shape index (κ2) is 8.52. The first-order valence-corrected chi connectivity index (χ1v) is 10.8. The van der Waals surface area contributed by atoms with Gasteiger partial charge in [-0.25, -0.2) is 4.98 Å². The van der Waals surface area contributed by atoms with E-state index in [0.29, 0.717) is 45.2 Å². The fourth-order valence-corrected chi connectivity index (χ4v) is 4.00. The van der Waals surface area contributed by atoms with E-state index >= 15 is 0 Å². The van der Waals surface area contributed by atoms with E-state index < -0.39 is 0 Å². The Morgan fingerprint density at radius 3 is 2.45 bits per heavy atom. The molecule has 1 aromatic heterocycles. The molecule has 5 rings (SSSR count). The second-order valence-corrected chi connectivity index (χ2v) is 8.11. The lowest BCUT2D eigenvalue weighted by Gasteiger charge is -2.13. The molecule has 0 aliphatic carbocycles. The summed E-state index contributed by atoms with van der Waals surface area (Å²) in [7, 11) is 0. The van der Waals surface area contributed by atoms with Crippen molar-refractivity contribution in [2.45, 2.75) is 12.8 Å². The summed E-state index contributed by atoms with van der Waals surface area (Å²) in [6.07, 6.45) is 0.528. The summed E-state index contributed by atoms with van der Waals surface area (Å²) in [5.41, 5.74) is 3.36. The van der Waals surface area contributed by atoms with Gasteiger partial charge in [-0.15, -0.1) is 0 Å². The molecule has 8 heteroatoms. The molecule has 4 aromatic rings. The van der Waals surface area contributed by atoms with Crippen LogP contribution in [0.1, 0.15) is 33.6 Å². The third kappa shape index (κ3) is 4.10. The Kier molecular flexibility index (Phi) is 5.40. The van der Waals surface area contributed by atoms with E-state index in [1.807, 2.05) is 12.1 Å². The Balaban J connectivity index is 1.20. The zero-order valence-electron chi connectivity index (χ0n) is 17.4. The SMILES string of the molecule is O=C(CCCN1C(=O)c2ccccc2C1=O)Nc1ccc2oc(-c3cccc(Cl)c3)nc2c1. The summed E-state index contributed by atoms with van der Waals surface area (Å²) in [4.78, 5) is 42.9. The van der Waals surface area contributed by atoms with E-state index in [4.69, 9.17) is 16.0 Å². The molecular formula is C25H18ClN3O4. The van der Waals surface area contributed by atoms with Crippen LogP contribution in [0.5, 0.6) is 0 Å². The molecule has 0 atom stereocenters. The van der Waals surface area contributed by atoms with Gasteiger partial charge in [-0.2, -0.15) is 0 Å². The Labute approximate surface area is 194 Å². The normalized spacial score (nSPS) is 12.9. The molecule has 0 spiro atoms. The van der Waals surface area contributed by atoms with Crippen molar-refractivity contribution in [1.29, 1.82) is 0 Å². The summed E-state index contributed by atoms with van der Waals surface area (Å²) < 4.78 is 5.79. The number of carbonyl (C=O) groups is 3. The van der Waals surface area contributed by atoms with Gasteiger partial charge in [0.2, 0.25) is 11.8 Å². The number of hydrogen-bond acceptors (Lipinski definition) is 5. The molecule has 3 amide bonds. The standard InChI is InChI=1S/C25H18ClN3O4/c26-16-6-3-5-15(13-16)23-28-20-14-17(10-11-21(20)33-23)27-22(30)9-4-12-29-24(31)18-7-1-2-8-19(18)25(29)32/h1-3,5-8,10-11,13-14H,4,9,12H2,(H,27,30). The molecule has 2 heterocycles. The molecule has 0 radical (unpaired) electrons. The molecular weight excluding hydrogens is 442 g/mol. The number of nitrogens with one attached hydrogen (secondary N) is 1. The number of nitrogens with zero attached hydrogens (tertiary/aromatic N) is 2. The van der Waals surface area contributed by atoms with Crippen LogP contribution in [-0.4, -0.2) is 34.2 Å². The predicted octanol–water partition coefficient (Wildman–Crippen LogP) is 5.16. The number of imide groups is 1. The number of amides is 3. The van der Waals surface area contributed by atoms with Crippen molar-refractivity contribution in [1.82, 2.24) is 9.88 Å². The van der Waals surface area contributed by atoms with Gasteiger partial charge in [0, 0.05) is 29.2 Å². The molecule has 1 aliphatic heterocycles. The van der Waals surface area contributed by atoms with Gasteiger partial charge in [0.1, 0.15) is 5.52 Å². The van der Waals surface area contributed by atoms with Crippen LogP contribution in [0.25, 0.3) is 22.6 Å². The molecule has 0 unspecified atom stereocenters. The highest BCUT2D eigenvalue weighted by molar-refractivity contribution is 6.30. The number of carbonyl (C=O) groups excluding carboxylic acids is 3. The number of hydrogen-bond donors (Lipinski definition) is 1. The van der Waals surface area contributed by atoms with Crippen molar-refractivity contribution in [3.05, 3.63) is 82.9 Å². The van der Waals surface area contributed by atoms with Crippen molar-refractivity contribution >= 4 is 46.1 Å². The maximum Gasteiger partial charge on any atom is 0.261 e. The summed E-state index contributed by atoms with van der Waals surface area (Å²) in [5, 5.41) is 3.41.